The Hall–Kier alpha value is -0.830. The molecular formula is C24H37NO2. The van der Waals surface area contributed by atoms with Crippen LogP contribution in [0.3, 0.4) is 0 Å². The van der Waals surface area contributed by atoms with Gasteiger partial charge in [-0.1, -0.05) is 25.5 Å². The Labute approximate surface area is 164 Å². The minimum Gasteiger partial charge on any atom is -0.462 e. The van der Waals surface area contributed by atoms with Crippen molar-refractivity contribution in [2.75, 3.05) is 0 Å². The summed E-state index contributed by atoms with van der Waals surface area (Å²) in [4.78, 5) is 11.4. The van der Waals surface area contributed by atoms with Crippen molar-refractivity contribution in [3.8, 4) is 0 Å². The van der Waals surface area contributed by atoms with Gasteiger partial charge in [-0.25, -0.2) is 0 Å². The molecule has 0 amide bonds. The highest BCUT2D eigenvalue weighted by Crippen LogP contribution is 2.65. The number of carbonyl (C=O) groups excluding carboxylic acids is 1. The van der Waals surface area contributed by atoms with E-state index in [-0.39, 0.29) is 12.1 Å². The highest BCUT2D eigenvalue weighted by atomic mass is 16.5. The topological polar surface area (TPSA) is 38.3 Å². The van der Waals surface area contributed by atoms with E-state index in [2.05, 4.69) is 25.2 Å². The first-order chi connectivity index (χ1) is 12.9. The third-order valence-electron chi connectivity index (χ3n) is 9.41. The van der Waals surface area contributed by atoms with E-state index < -0.39 is 0 Å². The number of ether oxygens (including phenoxy) is 1. The molecule has 27 heavy (non-hydrogen) atoms. The van der Waals surface area contributed by atoms with E-state index >= 15 is 0 Å². The molecule has 150 valence electrons. The zero-order valence-electron chi connectivity index (χ0n) is 17.4. The zero-order chi connectivity index (χ0) is 18.8. The van der Waals surface area contributed by atoms with Crippen molar-refractivity contribution in [2.45, 2.75) is 103 Å². The van der Waals surface area contributed by atoms with Gasteiger partial charge in [-0.3, -0.25) is 4.79 Å². The van der Waals surface area contributed by atoms with E-state index in [0.29, 0.717) is 10.8 Å². The number of rotatable bonds is 3. The Bertz CT molecular complexity index is 653. The van der Waals surface area contributed by atoms with E-state index in [1.165, 1.54) is 51.4 Å². The molecule has 0 saturated heterocycles. The lowest BCUT2D eigenvalue weighted by Crippen LogP contribution is -2.53. The van der Waals surface area contributed by atoms with Crippen LogP contribution in [0.2, 0.25) is 0 Å². The fourth-order valence-electron chi connectivity index (χ4n) is 7.77. The summed E-state index contributed by atoms with van der Waals surface area (Å²) in [7, 11) is 0. The van der Waals surface area contributed by atoms with Gasteiger partial charge in [-0.2, -0.15) is 0 Å². The molecule has 5 rings (SSSR count). The standard InChI is InChI=1S/C24H37NO2/c1-15(26)27-18-10-12-23(2)16(14-18)4-7-19-20-8-9-22(25-17-5-6-17)24(20,3)13-11-21(19)23/h4,17-22,25H,5-14H2,1-3H3/t18?,19-,20-,21+,22?,23-,24-/m0/s1. The van der Waals surface area contributed by atoms with Crippen LogP contribution in [0.25, 0.3) is 0 Å². The summed E-state index contributed by atoms with van der Waals surface area (Å²) in [5, 5.41) is 4.01. The molecule has 0 spiro atoms. The van der Waals surface area contributed by atoms with Gasteiger partial charge >= 0.3 is 5.97 Å². The number of hydrogen-bond donors (Lipinski definition) is 1. The molecule has 0 aromatic rings. The van der Waals surface area contributed by atoms with Crippen molar-refractivity contribution in [3.63, 3.8) is 0 Å². The van der Waals surface area contributed by atoms with Crippen molar-refractivity contribution in [2.24, 2.45) is 28.6 Å². The average molecular weight is 372 g/mol. The SMILES string of the molecule is CC(=O)OC1CC[C@@]2(C)C(=CC[C@@H]3[C@H]2CC[C@]2(C)C(NC4CC4)CC[C@@H]32)C1. The van der Waals surface area contributed by atoms with Crippen LogP contribution in [0.15, 0.2) is 11.6 Å². The lowest BCUT2D eigenvalue weighted by molar-refractivity contribution is -0.148. The van der Waals surface area contributed by atoms with Gasteiger partial charge in [0.15, 0.2) is 0 Å². The van der Waals surface area contributed by atoms with Gasteiger partial charge in [0.1, 0.15) is 6.10 Å². The molecule has 7 atom stereocenters. The Kier molecular flexibility index (Phi) is 4.28. The van der Waals surface area contributed by atoms with Crippen LogP contribution in [-0.2, 0) is 9.53 Å². The largest absolute Gasteiger partial charge is 0.462 e. The molecule has 0 aliphatic heterocycles. The molecule has 3 heteroatoms. The van der Waals surface area contributed by atoms with Gasteiger partial charge in [0.25, 0.3) is 0 Å². The van der Waals surface area contributed by atoms with Crippen molar-refractivity contribution < 1.29 is 9.53 Å². The maximum Gasteiger partial charge on any atom is 0.302 e. The number of esters is 1. The van der Waals surface area contributed by atoms with Gasteiger partial charge in [-0.05, 0) is 86.4 Å². The van der Waals surface area contributed by atoms with Crippen LogP contribution in [-0.4, -0.2) is 24.2 Å². The monoisotopic (exact) mass is 371 g/mol. The Morgan fingerprint density at radius 1 is 1.07 bits per heavy atom. The van der Waals surface area contributed by atoms with Crippen molar-refractivity contribution in [3.05, 3.63) is 11.6 Å². The van der Waals surface area contributed by atoms with E-state index in [0.717, 1.165) is 42.7 Å². The summed E-state index contributed by atoms with van der Waals surface area (Å²) in [5.74, 6) is 2.49. The molecule has 0 heterocycles. The molecule has 0 bridgehead atoms. The van der Waals surface area contributed by atoms with Gasteiger partial charge < -0.3 is 10.1 Å². The lowest BCUT2D eigenvalue weighted by Gasteiger charge is -2.58. The number of nitrogens with one attached hydrogen (secondary N) is 1. The summed E-state index contributed by atoms with van der Waals surface area (Å²) in [6.07, 6.45) is 15.6. The molecule has 3 nitrogen and oxygen atoms in total. The van der Waals surface area contributed by atoms with Gasteiger partial charge in [0.2, 0.25) is 0 Å². The van der Waals surface area contributed by atoms with E-state index in [4.69, 9.17) is 4.74 Å². The third kappa shape index (κ3) is 2.91. The van der Waals surface area contributed by atoms with E-state index in [1.54, 1.807) is 12.5 Å². The molecule has 4 saturated carbocycles. The summed E-state index contributed by atoms with van der Waals surface area (Å²) in [6.45, 7) is 6.70. The molecule has 0 aromatic carbocycles. The number of allylic oxidation sites excluding steroid dienone is 1. The summed E-state index contributed by atoms with van der Waals surface area (Å²) in [5.41, 5.74) is 2.47. The van der Waals surface area contributed by atoms with Gasteiger partial charge in [0.05, 0.1) is 0 Å². The van der Waals surface area contributed by atoms with Crippen LogP contribution in [0.4, 0.5) is 0 Å². The fraction of sp³-hybridized carbons (Fsp3) is 0.875. The van der Waals surface area contributed by atoms with Gasteiger partial charge in [-0.15, -0.1) is 0 Å². The molecule has 5 aliphatic carbocycles. The summed E-state index contributed by atoms with van der Waals surface area (Å²) < 4.78 is 5.58. The maximum absolute atomic E-state index is 11.4. The minimum absolute atomic E-state index is 0.117. The quantitative estimate of drug-likeness (QED) is 0.560. The number of hydrogen-bond acceptors (Lipinski definition) is 3. The first kappa shape index (κ1) is 18.2. The molecular weight excluding hydrogens is 334 g/mol. The molecule has 1 N–H and O–H groups in total. The second-order valence-corrected chi connectivity index (χ2v) is 10.8. The second kappa shape index (κ2) is 6.34. The van der Waals surface area contributed by atoms with Crippen LogP contribution in [0.1, 0.15) is 85.0 Å². The number of carbonyl (C=O) groups is 1. The minimum atomic E-state index is -0.119. The molecule has 2 unspecified atom stereocenters. The fourth-order valence-corrected chi connectivity index (χ4v) is 7.77. The summed E-state index contributed by atoms with van der Waals surface area (Å²) >= 11 is 0. The highest BCUT2D eigenvalue weighted by molar-refractivity contribution is 5.66. The van der Waals surface area contributed by atoms with Crippen molar-refractivity contribution >= 4 is 5.97 Å². The predicted molar refractivity (Wildman–Crippen MR) is 107 cm³/mol. The number of fused-ring (bicyclic) bond motifs is 5. The summed E-state index contributed by atoms with van der Waals surface area (Å²) in [6, 6.07) is 1.59. The smallest absolute Gasteiger partial charge is 0.302 e. The Morgan fingerprint density at radius 2 is 1.89 bits per heavy atom. The first-order valence-corrected chi connectivity index (χ1v) is 11.5. The lowest BCUT2D eigenvalue weighted by atomic mass is 9.48. The van der Waals surface area contributed by atoms with Crippen LogP contribution < -0.4 is 5.32 Å². The van der Waals surface area contributed by atoms with E-state index in [1.807, 2.05) is 0 Å². The average Bonchev–Trinajstić information content (AvgIpc) is 3.37. The van der Waals surface area contributed by atoms with Gasteiger partial charge in [0, 0.05) is 25.4 Å². The Morgan fingerprint density at radius 3 is 2.63 bits per heavy atom. The second-order valence-electron chi connectivity index (χ2n) is 10.8. The molecule has 0 aromatic heterocycles. The highest BCUT2D eigenvalue weighted by Gasteiger charge is 2.59. The van der Waals surface area contributed by atoms with Crippen molar-refractivity contribution in [1.82, 2.24) is 5.32 Å². The third-order valence-corrected chi connectivity index (χ3v) is 9.41. The maximum atomic E-state index is 11.4. The molecule has 4 fully saturated rings. The van der Waals surface area contributed by atoms with Crippen molar-refractivity contribution in [1.29, 1.82) is 0 Å². The van der Waals surface area contributed by atoms with Crippen LogP contribution in [0, 0.1) is 28.6 Å². The van der Waals surface area contributed by atoms with Crippen LogP contribution in [0.5, 0.6) is 0 Å². The molecule has 0 radical (unpaired) electrons. The van der Waals surface area contributed by atoms with E-state index in [9.17, 15) is 4.79 Å². The normalized spacial score (nSPS) is 48.9. The molecule has 5 aliphatic rings. The Balaban J connectivity index is 1.36. The predicted octanol–water partition coefficient (Wildman–Crippen LogP) is 5.00. The van der Waals surface area contributed by atoms with Crippen LogP contribution >= 0.6 is 0 Å². The zero-order valence-corrected chi connectivity index (χ0v) is 17.4. The first-order valence-electron chi connectivity index (χ1n) is 11.5.